The topological polar surface area (TPSA) is 76.7 Å². The van der Waals surface area contributed by atoms with E-state index >= 15 is 0 Å². The molecule has 0 heterocycles. The Morgan fingerprint density at radius 1 is 0.852 bits per heavy atom. The molecule has 0 spiro atoms. The van der Waals surface area contributed by atoms with Crippen molar-refractivity contribution in [1.29, 1.82) is 0 Å². The average molecular weight is 443 g/mol. The molecule has 0 radical (unpaired) electrons. The van der Waals surface area contributed by atoms with Gasteiger partial charge >= 0.3 is 12.2 Å². The lowest BCUT2D eigenvalue weighted by molar-refractivity contribution is 0.0516. The molecule has 0 unspecified atom stereocenters. The van der Waals surface area contributed by atoms with Crippen molar-refractivity contribution in [3.05, 3.63) is 33.8 Å². The van der Waals surface area contributed by atoms with Crippen molar-refractivity contribution in [1.82, 2.24) is 10.6 Å². The van der Waals surface area contributed by atoms with Crippen molar-refractivity contribution in [3.63, 3.8) is 0 Å². The Hall–Kier alpha value is -1.76. The van der Waals surface area contributed by atoms with Crippen molar-refractivity contribution >= 4 is 28.1 Å². The number of alkyl carbamates (subject to hydrolysis) is 2. The molecule has 152 valence electrons. The zero-order chi connectivity index (χ0) is 20.7. The molecule has 0 fully saturated rings. The highest BCUT2D eigenvalue weighted by atomic mass is 79.9. The first-order chi connectivity index (χ1) is 12.4. The van der Waals surface area contributed by atoms with Gasteiger partial charge in [0.05, 0.1) is 0 Å². The summed E-state index contributed by atoms with van der Waals surface area (Å²) < 4.78 is 11.4. The van der Waals surface area contributed by atoms with Gasteiger partial charge in [-0.1, -0.05) is 22.0 Å². The molecule has 0 saturated heterocycles. The first-order valence-electron chi connectivity index (χ1n) is 9.07. The van der Waals surface area contributed by atoms with Crippen molar-refractivity contribution in [3.8, 4) is 0 Å². The summed E-state index contributed by atoms with van der Waals surface area (Å²) in [5.41, 5.74) is 1.19. The average Bonchev–Trinajstić information content (AvgIpc) is 2.45. The first kappa shape index (κ1) is 23.3. The van der Waals surface area contributed by atoms with Crippen molar-refractivity contribution < 1.29 is 19.1 Å². The van der Waals surface area contributed by atoms with E-state index < -0.39 is 23.4 Å². The molecule has 0 saturated carbocycles. The number of nitrogens with one attached hydrogen (secondary N) is 2. The van der Waals surface area contributed by atoms with E-state index in [1.807, 2.05) is 59.7 Å². The van der Waals surface area contributed by atoms with Gasteiger partial charge in [-0.25, -0.2) is 9.59 Å². The molecule has 0 aliphatic carbocycles. The Balaban J connectivity index is 2.55. The summed E-state index contributed by atoms with van der Waals surface area (Å²) in [6.07, 6.45) is 0.493. The highest BCUT2D eigenvalue weighted by Gasteiger charge is 2.17. The maximum absolute atomic E-state index is 11.8. The van der Waals surface area contributed by atoms with Gasteiger partial charge in [-0.2, -0.15) is 0 Å². The highest BCUT2D eigenvalue weighted by molar-refractivity contribution is 9.10. The van der Waals surface area contributed by atoms with E-state index in [4.69, 9.17) is 9.47 Å². The van der Waals surface area contributed by atoms with E-state index in [0.717, 1.165) is 15.6 Å². The third-order valence-electron chi connectivity index (χ3n) is 3.29. The lowest BCUT2D eigenvalue weighted by atomic mass is 10.0. The second-order valence-corrected chi connectivity index (χ2v) is 9.19. The summed E-state index contributed by atoms with van der Waals surface area (Å²) in [7, 11) is 0. The molecule has 0 aliphatic heterocycles. The van der Waals surface area contributed by atoms with Gasteiger partial charge in [-0.05, 0) is 77.6 Å². The van der Waals surface area contributed by atoms with E-state index in [1.165, 1.54) is 0 Å². The Morgan fingerprint density at radius 3 is 1.74 bits per heavy atom. The van der Waals surface area contributed by atoms with Crippen LogP contribution in [0.25, 0.3) is 0 Å². The summed E-state index contributed by atoms with van der Waals surface area (Å²) in [4.78, 5) is 23.5. The molecule has 2 N–H and O–H groups in total. The van der Waals surface area contributed by atoms with E-state index in [9.17, 15) is 9.59 Å². The number of ether oxygens (including phenoxy) is 2. The minimum atomic E-state index is -0.516. The van der Waals surface area contributed by atoms with Crippen LogP contribution in [0.15, 0.2) is 22.7 Å². The SMILES string of the molecule is CC(C)(C)OC(=O)NCCc1ccc(Br)cc1CCNC(=O)OC(C)(C)C. The lowest BCUT2D eigenvalue weighted by Crippen LogP contribution is -2.34. The normalized spacial score (nSPS) is 11.7. The van der Waals surface area contributed by atoms with E-state index in [2.05, 4.69) is 26.6 Å². The molecule has 2 amide bonds. The molecule has 27 heavy (non-hydrogen) atoms. The van der Waals surface area contributed by atoms with Crippen LogP contribution in [0.1, 0.15) is 52.7 Å². The van der Waals surface area contributed by atoms with E-state index in [-0.39, 0.29) is 0 Å². The Kier molecular flexibility index (Phi) is 8.59. The fourth-order valence-corrected chi connectivity index (χ4v) is 2.71. The van der Waals surface area contributed by atoms with Crippen LogP contribution in [0.4, 0.5) is 9.59 Å². The van der Waals surface area contributed by atoms with Crippen LogP contribution in [-0.2, 0) is 22.3 Å². The smallest absolute Gasteiger partial charge is 0.407 e. The van der Waals surface area contributed by atoms with Gasteiger partial charge in [-0.15, -0.1) is 0 Å². The number of amides is 2. The van der Waals surface area contributed by atoms with Crippen LogP contribution in [0.5, 0.6) is 0 Å². The number of carbonyl (C=O) groups excluding carboxylic acids is 2. The number of benzene rings is 1. The number of hydrogen-bond donors (Lipinski definition) is 2. The zero-order valence-corrected chi connectivity index (χ0v) is 18.7. The molecular weight excluding hydrogens is 412 g/mol. The number of halogens is 1. The van der Waals surface area contributed by atoms with Gasteiger partial charge in [0.1, 0.15) is 11.2 Å². The van der Waals surface area contributed by atoms with Gasteiger partial charge in [-0.3, -0.25) is 0 Å². The number of rotatable bonds is 6. The summed E-state index contributed by atoms with van der Waals surface area (Å²) >= 11 is 3.48. The van der Waals surface area contributed by atoms with Crippen molar-refractivity contribution in [2.24, 2.45) is 0 Å². The number of carbonyl (C=O) groups is 2. The van der Waals surface area contributed by atoms with Gasteiger partial charge in [0.25, 0.3) is 0 Å². The molecule has 0 aliphatic rings. The molecule has 6 nitrogen and oxygen atoms in total. The summed E-state index contributed by atoms with van der Waals surface area (Å²) in [5, 5.41) is 5.54. The van der Waals surface area contributed by atoms with E-state index in [0.29, 0.717) is 25.9 Å². The Morgan fingerprint density at radius 2 is 1.30 bits per heavy atom. The molecule has 0 atom stereocenters. The van der Waals surface area contributed by atoms with Gasteiger partial charge in [0.2, 0.25) is 0 Å². The van der Waals surface area contributed by atoms with E-state index in [1.54, 1.807) is 0 Å². The van der Waals surface area contributed by atoms with Gasteiger partial charge < -0.3 is 20.1 Å². The highest BCUT2D eigenvalue weighted by Crippen LogP contribution is 2.18. The second-order valence-electron chi connectivity index (χ2n) is 8.27. The van der Waals surface area contributed by atoms with Crippen LogP contribution in [0, 0.1) is 0 Å². The molecule has 1 rings (SSSR count). The predicted octanol–water partition coefficient (Wildman–Crippen LogP) is 4.58. The first-order valence-corrected chi connectivity index (χ1v) is 9.86. The maximum atomic E-state index is 11.8. The monoisotopic (exact) mass is 442 g/mol. The molecule has 0 aromatic heterocycles. The fourth-order valence-electron chi connectivity index (χ4n) is 2.30. The molecule has 1 aromatic rings. The quantitative estimate of drug-likeness (QED) is 0.675. The molecular formula is C20H31BrN2O4. The van der Waals surface area contributed by atoms with Crippen molar-refractivity contribution in [2.45, 2.75) is 65.6 Å². The van der Waals surface area contributed by atoms with Crippen molar-refractivity contribution in [2.75, 3.05) is 13.1 Å². The summed E-state index contributed by atoms with van der Waals surface area (Å²) in [6.45, 7) is 11.9. The second kappa shape index (κ2) is 9.97. The lowest BCUT2D eigenvalue weighted by Gasteiger charge is -2.20. The predicted molar refractivity (Wildman–Crippen MR) is 110 cm³/mol. The summed E-state index contributed by atoms with van der Waals surface area (Å²) in [6, 6.07) is 6.01. The van der Waals surface area contributed by atoms with Crippen LogP contribution < -0.4 is 10.6 Å². The molecule has 7 heteroatoms. The molecule has 0 bridgehead atoms. The third kappa shape index (κ3) is 10.9. The van der Waals surface area contributed by atoms with Crippen LogP contribution >= 0.6 is 15.9 Å². The minimum absolute atomic E-state index is 0.423. The standard InChI is InChI=1S/C20H31BrN2O4/c1-19(2,3)26-17(24)22-11-9-14-7-8-16(21)13-15(14)10-12-23-18(25)27-20(4,5)6/h7-8,13H,9-12H2,1-6H3,(H,22,24)(H,23,25). The summed E-state index contributed by atoms with van der Waals surface area (Å²) in [5.74, 6) is 0. The fraction of sp³-hybridized carbons (Fsp3) is 0.600. The maximum Gasteiger partial charge on any atom is 0.407 e. The number of hydrogen-bond acceptors (Lipinski definition) is 4. The minimum Gasteiger partial charge on any atom is -0.444 e. The van der Waals surface area contributed by atoms with Crippen LogP contribution in [-0.4, -0.2) is 36.5 Å². The van der Waals surface area contributed by atoms with Gasteiger partial charge in [0, 0.05) is 17.6 Å². The largest absolute Gasteiger partial charge is 0.444 e. The molecule has 1 aromatic carbocycles. The Bertz CT molecular complexity index is 648. The van der Waals surface area contributed by atoms with Gasteiger partial charge in [0.15, 0.2) is 0 Å². The van der Waals surface area contributed by atoms with Crippen LogP contribution in [0.3, 0.4) is 0 Å². The third-order valence-corrected chi connectivity index (χ3v) is 3.79. The zero-order valence-electron chi connectivity index (χ0n) is 17.1. The Labute approximate surface area is 170 Å². The van der Waals surface area contributed by atoms with Crippen LogP contribution in [0.2, 0.25) is 0 Å².